The van der Waals surface area contributed by atoms with Crippen molar-refractivity contribution in [2.75, 3.05) is 6.61 Å². The van der Waals surface area contributed by atoms with Gasteiger partial charge in [-0.05, 0) is 49.8 Å². The highest BCUT2D eigenvalue weighted by Crippen LogP contribution is 2.18. The van der Waals surface area contributed by atoms with Gasteiger partial charge in [0.1, 0.15) is 5.75 Å². The first-order chi connectivity index (χ1) is 10.2. The molecular formula is C18H29NO2. The number of oxime groups is 1. The summed E-state index contributed by atoms with van der Waals surface area (Å²) in [6.45, 7) is 7.11. The molecule has 1 aromatic carbocycles. The van der Waals surface area contributed by atoms with Crippen LogP contribution in [0.15, 0.2) is 29.4 Å². The molecule has 0 heterocycles. The number of benzene rings is 1. The molecular weight excluding hydrogens is 262 g/mol. The normalized spacial score (nSPS) is 13.2. The third kappa shape index (κ3) is 7.16. The molecule has 0 radical (unpaired) electrons. The summed E-state index contributed by atoms with van der Waals surface area (Å²) in [5, 5.41) is 11.8. The quantitative estimate of drug-likeness (QED) is 0.372. The van der Waals surface area contributed by atoms with Gasteiger partial charge in [-0.1, -0.05) is 50.4 Å². The van der Waals surface area contributed by atoms with Crippen LogP contribution in [0.2, 0.25) is 0 Å². The molecule has 1 rings (SSSR count). The molecule has 0 amide bonds. The monoisotopic (exact) mass is 291 g/mol. The van der Waals surface area contributed by atoms with E-state index in [9.17, 15) is 0 Å². The van der Waals surface area contributed by atoms with Crippen molar-refractivity contribution in [3.05, 3.63) is 29.8 Å². The van der Waals surface area contributed by atoms with Gasteiger partial charge in [0.05, 0.1) is 12.3 Å². The Morgan fingerprint density at radius 2 is 1.95 bits per heavy atom. The lowest BCUT2D eigenvalue weighted by Gasteiger charge is -2.15. The van der Waals surface area contributed by atoms with Crippen LogP contribution in [0.3, 0.4) is 0 Å². The number of nitrogens with zero attached hydrogens (tertiary/aromatic N) is 1. The lowest BCUT2D eigenvalue weighted by Crippen LogP contribution is -2.11. The number of ether oxygens (including phenoxy) is 1. The second-order valence-electron chi connectivity index (χ2n) is 5.71. The van der Waals surface area contributed by atoms with Crippen molar-refractivity contribution in [3.8, 4) is 5.75 Å². The van der Waals surface area contributed by atoms with E-state index in [-0.39, 0.29) is 0 Å². The molecule has 1 atom stereocenters. The van der Waals surface area contributed by atoms with Crippen LogP contribution in [0.5, 0.6) is 5.75 Å². The van der Waals surface area contributed by atoms with Gasteiger partial charge in [0.15, 0.2) is 0 Å². The molecule has 21 heavy (non-hydrogen) atoms. The molecule has 0 aliphatic carbocycles. The van der Waals surface area contributed by atoms with Gasteiger partial charge < -0.3 is 9.94 Å². The van der Waals surface area contributed by atoms with E-state index in [0.29, 0.717) is 5.92 Å². The minimum atomic E-state index is 0.660. The van der Waals surface area contributed by atoms with Crippen molar-refractivity contribution >= 4 is 5.71 Å². The van der Waals surface area contributed by atoms with E-state index in [0.717, 1.165) is 30.9 Å². The summed E-state index contributed by atoms with van der Waals surface area (Å²) in [7, 11) is 0. The summed E-state index contributed by atoms with van der Waals surface area (Å²) in [6, 6.07) is 8.25. The Hall–Kier alpha value is -1.51. The van der Waals surface area contributed by atoms with Gasteiger partial charge >= 0.3 is 0 Å². The standard InChI is InChI=1S/C18H29NO2/c1-4-6-7-16(5-2)14-21-18-12-10-17(11-13-18)9-8-15(3)19-20/h10-13,16,20H,4-9,14H2,1-3H3. The summed E-state index contributed by atoms with van der Waals surface area (Å²) in [6.07, 6.45) is 6.65. The highest BCUT2D eigenvalue weighted by atomic mass is 16.5. The number of hydrogen-bond acceptors (Lipinski definition) is 3. The molecule has 1 aromatic rings. The maximum absolute atomic E-state index is 8.63. The molecule has 118 valence electrons. The van der Waals surface area contributed by atoms with Gasteiger partial charge in [-0.15, -0.1) is 0 Å². The Morgan fingerprint density at radius 1 is 1.24 bits per heavy atom. The largest absolute Gasteiger partial charge is 0.493 e. The molecule has 3 nitrogen and oxygen atoms in total. The highest BCUT2D eigenvalue weighted by molar-refractivity contribution is 5.81. The van der Waals surface area contributed by atoms with Crippen LogP contribution in [0.4, 0.5) is 0 Å². The molecule has 1 unspecified atom stereocenters. The van der Waals surface area contributed by atoms with Crippen LogP contribution in [0.1, 0.15) is 58.4 Å². The first-order valence-corrected chi connectivity index (χ1v) is 8.08. The predicted molar refractivity (Wildman–Crippen MR) is 88.5 cm³/mol. The summed E-state index contributed by atoms with van der Waals surface area (Å²) in [4.78, 5) is 0. The van der Waals surface area contributed by atoms with Crippen LogP contribution >= 0.6 is 0 Å². The van der Waals surface area contributed by atoms with E-state index in [1.165, 1.54) is 31.2 Å². The van der Waals surface area contributed by atoms with Crippen LogP contribution in [0.25, 0.3) is 0 Å². The first-order valence-electron chi connectivity index (χ1n) is 8.08. The molecule has 0 aliphatic rings. The fourth-order valence-corrected chi connectivity index (χ4v) is 2.24. The van der Waals surface area contributed by atoms with E-state index in [4.69, 9.17) is 9.94 Å². The van der Waals surface area contributed by atoms with Crippen molar-refractivity contribution in [2.24, 2.45) is 11.1 Å². The average molecular weight is 291 g/mol. The number of unbranched alkanes of at least 4 members (excludes halogenated alkanes) is 1. The minimum Gasteiger partial charge on any atom is -0.493 e. The Labute approximate surface area is 129 Å². The van der Waals surface area contributed by atoms with Crippen molar-refractivity contribution in [1.82, 2.24) is 0 Å². The van der Waals surface area contributed by atoms with Crippen LogP contribution in [0, 0.1) is 5.92 Å². The SMILES string of the molecule is CCCCC(CC)COc1ccc(CCC(C)=NO)cc1. The van der Waals surface area contributed by atoms with Crippen molar-refractivity contribution in [1.29, 1.82) is 0 Å². The number of rotatable bonds is 10. The average Bonchev–Trinajstić information content (AvgIpc) is 2.53. The van der Waals surface area contributed by atoms with Crippen molar-refractivity contribution < 1.29 is 9.94 Å². The van der Waals surface area contributed by atoms with E-state index in [1.54, 1.807) is 0 Å². The van der Waals surface area contributed by atoms with E-state index in [1.807, 2.05) is 19.1 Å². The molecule has 0 spiro atoms. The zero-order valence-corrected chi connectivity index (χ0v) is 13.6. The summed E-state index contributed by atoms with van der Waals surface area (Å²) in [5.74, 6) is 1.61. The maximum Gasteiger partial charge on any atom is 0.119 e. The zero-order chi connectivity index (χ0) is 15.5. The Bertz CT molecular complexity index is 412. The molecule has 1 N–H and O–H groups in total. The first kappa shape index (κ1) is 17.5. The molecule has 0 aromatic heterocycles. The molecule has 0 saturated heterocycles. The Kier molecular flexibility index (Phi) is 8.56. The molecule has 0 aliphatic heterocycles. The molecule has 3 heteroatoms. The van der Waals surface area contributed by atoms with Gasteiger partial charge in [-0.3, -0.25) is 0 Å². The Morgan fingerprint density at radius 3 is 2.52 bits per heavy atom. The van der Waals surface area contributed by atoms with Crippen LogP contribution in [-0.2, 0) is 6.42 Å². The van der Waals surface area contributed by atoms with E-state index >= 15 is 0 Å². The predicted octanol–water partition coefficient (Wildman–Crippen LogP) is 5.06. The zero-order valence-electron chi connectivity index (χ0n) is 13.6. The lowest BCUT2D eigenvalue weighted by atomic mass is 10.0. The van der Waals surface area contributed by atoms with Crippen LogP contribution < -0.4 is 4.74 Å². The van der Waals surface area contributed by atoms with Crippen molar-refractivity contribution in [2.45, 2.75) is 59.3 Å². The van der Waals surface area contributed by atoms with Gasteiger partial charge in [0.2, 0.25) is 0 Å². The molecule has 0 bridgehead atoms. The number of hydrogen-bond donors (Lipinski definition) is 1. The van der Waals surface area contributed by atoms with E-state index < -0.39 is 0 Å². The van der Waals surface area contributed by atoms with Crippen molar-refractivity contribution in [3.63, 3.8) is 0 Å². The fourth-order valence-electron chi connectivity index (χ4n) is 2.24. The second-order valence-corrected chi connectivity index (χ2v) is 5.71. The fraction of sp³-hybridized carbons (Fsp3) is 0.611. The van der Waals surface area contributed by atoms with Gasteiger partial charge in [0.25, 0.3) is 0 Å². The third-order valence-corrected chi connectivity index (χ3v) is 3.90. The maximum atomic E-state index is 8.63. The smallest absolute Gasteiger partial charge is 0.119 e. The Balaban J connectivity index is 2.39. The second kappa shape index (κ2) is 10.3. The lowest BCUT2D eigenvalue weighted by molar-refractivity contribution is 0.233. The third-order valence-electron chi connectivity index (χ3n) is 3.90. The van der Waals surface area contributed by atoms with Gasteiger partial charge in [-0.25, -0.2) is 0 Å². The topological polar surface area (TPSA) is 41.8 Å². The summed E-state index contributed by atoms with van der Waals surface area (Å²) < 4.78 is 5.89. The van der Waals surface area contributed by atoms with Gasteiger partial charge in [-0.2, -0.15) is 0 Å². The molecule has 0 saturated carbocycles. The van der Waals surface area contributed by atoms with Crippen LogP contribution in [-0.4, -0.2) is 17.5 Å². The minimum absolute atomic E-state index is 0.660. The summed E-state index contributed by atoms with van der Waals surface area (Å²) >= 11 is 0. The highest BCUT2D eigenvalue weighted by Gasteiger charge is 2.07. The molecule has 0 fully saturated rings. The summed E-state index contributed by atoms with van der Waals surface area (Å²) in [5.41, 5.74) is 2.00. The van der Waals surface area contributed by atoms with E-state index in [2.05, 4.69) is 31.1 Å². The van der Waals surface area contributed by atoms with Gasteiger partial charge in [0, 0.05) is 0 Å². The number of aryl methyl sites for hydroxylation is 1.